The Kier molecular flexibility index (Phi) is 5.42. The predicted molar refractivity (Wildman–Crippen MR) is 71.3 cm³/mol. The second kappa shape index (κ2) is 7.07. The van der Waals surface area contributed by atoms with Crippen LogP contribution in [0.3, 0.4) is 0 Å². The van der Waals surface area contributed by atoms with Crippen LogP contribution in [0.4, 0.5) is 4.39 Å². The molecule has 1 saturated heterocycles. The van der Waals surface area contributed by atoms with Gasteiger partial charge in [-0.05, 0) is 49.9 Å². The molecule has 100 valence electrons. The molecule has 2 rings (SSSR count). The van der Waals surface area contributed by atoms with Crippen LogP contribution in [-0.2, 0) is 11.3 Å². The molecule has 4 heteroatoms. The van der Waals surface area contributed by atoms with Crippen LogP contribution in [-0.4, -0.2) is 19.3 Å². The minimum absolute atomic E-state index is 0.185. The topological polar surface area (TPSA) is 21.3 Å². The molecule has 0 aromatic heterocycles. The van der Waals surface area contributed by atoms with Crippen molar-refractivity contribution in [2.24, 2.45) is 0 Å². The number of rotatable bonds is 5. The van der Waals surface area contributed by atoms with E-state index in [2.05, 4.69) is 5.32 Å². The smallest absolute Gasteiger partial charge is 0.141 e. The maximum absolute atomic E-state index is 13.0. The van der Waals surface area contributed by atoms with Crippen molar-refractivity contribution in [3.8, 4) is 0 Å². The highest BCUT2D eigenvalue weighted by Gasteiger charge is 2.12. The lowest BCUT2D eigenvalue weighted by atomic mass is 10.1. The predicted octanol–water partition coefficient (Wildman–Crippen LogP) is 3.53. The summed E-state index contributed by atoms with van der Waals surface area (Å²) < 4.78 is 18.6. The lowest BCUT2D eigenvalue weighted by Gasteiger charge is -2.22. The van der Waals surface area contributed by atoms with E-state index in [0.29, 0.717) is 12.6 Å². The summed E-state index contributed by atoms with van der Waals surface area (Å²) in [5, 5.41) is 3.52. The first-order valence-corrected chi connectivity index (χ1v) is 6.90. The van der Waals surface area contributed by atoms with E-state index in [-0.39, 0.29) is 10.8 Å². The molecule has 1 atom stereocenters. The van der Waals surface area contributed by atoms with Crippen LogP contribution in [0, 0.1) is 5.82 Å². The monoisotopic (exact) mass is 271 g/mol. The molecule has 1 aliphatic rings. The quantitative estimate of drug-likeness (QED) is 0.828. The Balaban J connectivity index is 1.66. The van der Waals surface area contributed by atoms with Gasteiger partial charge in [0.25, 0.3) is 0 Å². The molecule has 1 fully saturated rings. The first kappa shape index (κ1) is 13.8. The van der Waals surface area contributed by atoms with E-state index in [0.717, 1.165) is 25.1 Å². The van der Waals surface area contributed by atoms with Gasteiger partial charge in [-0.2, -0.15) is 0 Å². The summed E-state index contributed by atoms with van der Waals surface area (Å²) in [4.78, 5) is 0. The van der Waals surface area contributed by atoms with Gasteiger partial charge >= 0.3 is 0 Å². The molecule has 1 aliphatic heterocycles. The Morgan fingerprint density at radius 2 is 2.28 bits per heavy atom. The summed E-state index contributed by atoms with van der Waals surface area (Å²) in [6.45, 7) is 2.53. The fourth-order valence-corrected chi connectivity index (χ4v) is 2.38. The van der Waals surface area contributed by atoms with E-state index in [1.807, 2.05) is 0 Å². The standard InChI is InChI=1S/C14H19ClFNO/c15-13-9-11(4-5-14(13)16)10-17-7-6-12-3-1-2-8-18-12/h4-5,9,12,17H,1-3,6-8,10H2. The molecule has 0 aliphatic carbocycles. The second-order valence-corrected chi connectivity index (χ2v) is 5.11. The number of hydrogen-bond acceptors (Lipinski definition) is 2. The Bertz CT molecular complexity index is 380. The fourth-order valence-electron chi connectivity index (χ4n) is 2.18. The first-order chi connectivity index (χ1) is 8.75. The number of halogens is 2. The highest BCUT2D eigenvalue weighted by molar-refractivity contribution is 6.30. The van der Waals surface area contributed by atoms with Gasteiger partial charge in [-0.15, -0.1) is 0 Å². The molecule has 0 amide bonds. The SMILES string of the molecule is Fc1ccc(CNCCC2CCCCO2)cc1Cl. The highest BCUT2D eigenvalue weighted by atomic mass is 35.5. The Hall–Kier alpha value is -0.640. The molecule has 1 N–H and O–H groups in total. The van der Waals surface area contributed by atoms with Crippen molar-refractivity contribution < 1.29 is 9.13 Å². The largest absolute Gasteiger partial charge is 0.378 e. The molecule has 0 saturated carbocycles. The number of benzene rings is 1. The van der Waals surface area contributed by atoms with Gasteiger partial charge in [-0.3, -0.25) is 0 Å². The van der Waals surface area contributed by atoms with Crippen molar-refractivity contribution in [3.05, 3.63) is 34.6 Å². The van der Waals surface area contributed by atoms with Crippen molar-refractivity contribution in [1.82, 2.24) is 5.32 Å². The van der Waals surface area contributed by atoms with Crippen LogP contribution < -0.4 is 5.32 Å². The van der Waals surface area contributed by atoms with Gasteiger partial charge in [-0.25, -0.2) is 4.39 Å². The van der Waals surface area contributed by atoms with E-state index >= 15 is 0 Å². The maximum atomic E-state index is 13.0. The van der Waals surface area contributed by atoms with E-state index in [9.17, 15) is 4.39 Å². The lowest BCUT2D eigenvalue weighted by Crippen LogP contribution is -2.25. The molecule has 1 heterocycles. The van der Waals surface area contributed by atoms with Gasteiger partial charge in [0.2, 0.25) is 0 Å². The van der Waals surface area contributed by atoms with Gasteiger partial charge in [0.1, 0.15) is 5.82 Å². The first-order valence-electron chi connectivity index (χ1n) is 6.52. The van der Waals surface area contributed by atoms with Gasteiger partial charge < -0.3 is 10.1 Å². The molecule has 1 unspecified atom stereocenters. The fraction of sp³-hybridized carbons (Fsp3) is 0.571. The zero-order valence-electron chi connectivity index (χ0n) is 10.4. The van der Waals surface area contributed by atoms with Crippen molar-refractivity contribution in [3.63, 3.8) is 0 Å². The molecule has 2 nitrogen and oxygen atoms in total. The second-order valence-electron chi connectivity index (χ2n) is 4.70. The normalized spacial score (nSPS) is 20.0. The molecule has 0 spiro atoms. The Labute approximate surface area is 112 Å². The van der Waals surface area contributed by atoms with E-state index in [4.69, 9.17) is 16.3 Å². The van der Waals surface area contributed by atoms with Crippen LogP contribution in [0.2, 0.25) is 5.02 Å². The van der Waals surface area contributed by atoms with Crippen LogP contribution in [0.15, 0.2) is 18.2 Å². The molecule has 1 aromatic rings. The summed E-state index contributed by atoms with van der Waals surface area (Å²) in [6, 6.07) is 4.83. The van der Waals surface area contributed by atoms with Crippen LogP contribution in [0.5, 0.6) is 0 Å². The van der Waals surface area contributed by atoms with Gasteiger partial charge in [0.05, 0.1) is 11.1 Å². The lowest BCUT2D eigenvalue weighted by molar-refractivity contribution is 0.0115. The highest BCUT2D eigenvalue weighted by Crippen LogP contribution is 2.16. The van der Waals surface area contributed by atoms with Gasteiger partial charge in [0, 0.05) is 13.2 Å². The minimum Gasteiger partial charge on any atom is -0.378 e. The van der Waals surface area contributed by atoms with Crippen LogP contribution in [0.1, 0.15) is 31.2 Å². The van der Waals surface area contributed by atoms with Crippen LogP contribution >= 0.6 is 11.6 Å². The third-order valence-corrected chi connectivity index (χ3v) is 3.52. The van der Waals surface area contributed by atoms with E-state index in [1.165, 1.54) is 25.3 Å². The summed E-state index contributed by atoms with van der Waals surface area (Å²) in [7, 11) is 0. The number of ether oxygens (including phenoxy) is 1. The molecule has 1 aromatic carbocycles. The average molecular weight is 272 g/mol. The number of nitrogens with one attached hydrogen (secondary N) is 1. The summed E-state index contributed by atoms with van der Waals surface area (Å²) in [6.07, 6.45) is 5.08. The molecular formula is C14H19ClFNO. The molecular weight excluding hydrogens is 253 g/mol. The minimum atomic E-state index is -0.365. The molecule has 18 heavy (non-hydrogen) atoms. The summed E-state index contributed by atoms with van der Waals surface area (Å²) >= 11 is 5.73. The van der Waals surface area contributed by atoms with E-state index in [1.54, 1.807) is 12.1 Å². The van der Waals surface area contributed by atoms with Gasteiger partial charge in [0.15, 0.2) is 0 Å². The zero-order valence-corrected chi connectivity index (χ0v) is 11.2. The maximum Gasteiger partial charge on any atom is 0.141 e. The van der Waals surface area contributed by atoms with Crippen molar-refractivity contribution in [1.29, 1.82) is 0 Å². The Morgan fingerprint density at radius 3 is 3.00 bits per heavy atom. The van der Waals surface area contributed by atoms with Crippen molar-refractivity contribution >= 4 is 11.6 Å². The summed E-state index contributed by atoms with van der Waals surface area (Å²) in [5.41, 5.74) is 1.01. The Morgan fingerprint density at radius 1 is 1.39 bits per heavy atom. The third-order valence-electron chi connectivity index (χ3n) is 3.23. The third kappa shape index (κ3) is 4.23. The summed E-state index contributed by atoms with van der Waals surface area (Å²) in [5.74, 6) is -0.365. The molecule has 0 bridgehead atoms. The number of hydrogen-bond donors (Lipinski definition) is 1. The van der Waals surface area contributed by atoms with Crippen LogP contribution in [0.25, 0.3) is 0 Å². The average Bonchev–Trinajstić information content (AvgIpc) is 2.40. The van der Waals surface area contributed by atoms with Gasteiger partial charge in [-0.1, -0.05) is 17.7 Å². The molecule has 0 radical (unpaired) electrons. The zero-order chi connectivity index (χ0) is 12.8. The van der Waals surface area contributed by atoms with E-state index < -0.39 is 0 Å². The van der Waals surface area contributed by atoms with Crippen molar-refractivity contribution in [2.75, 3.05) is 13.2 Å². The van der Waals surface area contributed by atoms with Crippen molar-refractivity contribution in [2.45, 2.75) is 38.3 Å².